The Morgan fingerprint density at radius 2 is 1.80 bits per heavy atom. The highest BCUT2D eigenvalue weighted by molar-refractivity contribution is 7.92. The monoisotopic (exact) mass is 311 g/mol. The number of sulfone groups is 1. The molecule has 4 nitrogen and oxygen atoms in total. The van der Waals surface area contributed by atoms with Crippen LogP contribution in [0.2, 0.25) is 0 Å². The van der Waals surface area contributed by atoms with Gasteiger partial charge in [0.25, 0.3) is 9.84 Å². The van der Waals surface area contributed by atoms with Gasteiger partial charge < -0.3 is 10.1 Å². The van der Waals surface area contributed by atoms with E-state index in [9.17, 15) is 21.6 Å². The summed E-state index contributed by atoms with van der Waals surface area (Å²) >= 11 is 0. The molecule has 0 bridgehead atoms. The van der Waals surface area contributed by atoms with Crippen LogP contribution in [-0.4, -0.2) is 33.7 Å². The van der Waals surface area contributed by atoms with Gasteiger partial charge in [-0.3, -0.25) is 0 Å². The van der Waals surface area contributed by atoms with E-state index in [1.807, 2.05) is 6.92 Å². The van der Waals surface area contributed by atoms with Crippen LogP contribution in [0.4, 0.5) is 18.9 Å². The highest BCUT2D eigenvalue weighted by atomic mass is 32.2. The largest absolute Gasteiger partial charge is 0.501 e. The Kier molecular flexibility index (Phi) is 5.41. The summed E-state index contributed by atoms with van der Waals surface area (Å²) in [4.78, 5) is -0.764. The third-order valence-electron chi connectivity index (χ3n) is 2.64. The van der Waals surface area contributed by atoms with Crippen molar-refractivity contribution in [2.75, 3.05) is 19.0 Å². The molecule has 0 fully saturated rings. The van der Waals surface area contributed by atoms with E-state index in [2.05, 4.69) is 5.32 Å². The first-order valence-corrected chi connectivity index (χ1v) is 7.33. The molecule has 1 rings (SSSR count). The molecule has 0 radical (unpaired) electrons. The fourth-order valence-corrected chi connectivity index (χ4v) is 2.28. The molecule has 1 unspecified atom stereocenters. The first-order chi connectivity index (χ1) is 9.18. The average Bonchev–Trinajstić information content (AvgIpc) is 2.35. The van der Waals surface area contributed by atoms with E-state index in [-0.39, 0.29) is 6.04 Å². The Bertz CT molecular complexity index is 526. The van der Waals surface area contributed by atoms with Crippen molar-refractivity contribution in [3.05, 3.63) is 24.3 Å². The van der Waals surface area contributed by atoms with E-state index in [0.29, 0.717) is 12.3 Å². The lowest BCUT2D eigenvalue weighted by atomic mass is 10.2. The van der Waals surface area contributed by atoms with Crippen molar-refractivity contribution in [3.63, 3.8) is 0 Å². The highest BCUT2D eigenvalue weighted by Crippen LogP contribution is 2.30. The molecule has 8 heteroatoms. The first-order valence-electron chi connectivity index (χ1n) is 5.85. The van der Waals surface area contributed by atoms with Crippen molar-refractivity contribution in [1.82, 2.24) is 0 Å². The number of alkyl halides is 3. The molecule has 114 valence electrons. The fourth-order valence-electron chi connectivity index (χ4n) is 1.52. The minimum atomic E-state index is -5.28. The third kappa shape index (κ3) is 4.11. The number of nitrogens with one attached hydrogen (secondary N) is 1. The lowest BCUT2D eigenvalue weighted by Gasteiger charge is -2.15. The quantitative estimate of drug-likeness (QED) is 0.878. The van der Waals surface area contributed by atoms with Gasteiger partial charge in [-0.2, -0.15) is 13.2 Å². The molecule has 0 aliphatic heterocycles. The zero-order valence-electron chi connectivity index (χ0n) is 11.1. The van der Waals surface area contributed by atoms with E-state index in [0.717, 1.165) is 18.6 Å². The summed E-state index contributed by atoms with van der Waals surface area (Å²) in [7, 11) is -3.71. The number of anilines is 1. The maximum atomic E-state index is 12.4. The Balaban J connectivity index is 2.80. The molecule has 0 amide bonds. The maximum Gasteiger partial charge on any atom is 0.501 e. The van der Waals surface area contributed by atoms with Gasteiger partial charge in [0.05, 0.1) is 4.90 Å². The summed E-state index contributed by atoms with van der Waals surface area (Å²) < 4.78 is 64.3. The van der Waals surface area contributed by atoms with Crippen LogP contribution in [0.25, 0.3) is 0 Å². The van der Waals surface area contributed by atoms with E-state index < -0.39 is 20.2 Å². The van der Waals surface area contributed by atoms with Crippen LogP contribution in [0, 0.1) is 0 Å². The van der Waals surface area contributed by atoms with Crippen molar-refractivity contribution >= 4 is 15.5 Å². The molecule has 0 heterocycles. The summed E-state index contributed by atoms with van der Waals surface area (Å²) in [5.41, 5.74) is -4.73. The second-order valence-electron chi connectivity index (χ2n) is 4.30. The van der Waals surface area contributed by atoms with E-state index in [4.69, 9.17) is 4.74 Å². The number of methoxy groups -OCH3 is 1. The molecule has 0 saturated heterocycles. The van der Waals surface area contributed by atoms with E-state index in [1.165, 1.54) is 12.1 Å². The predicted octanol–water partition coefficient (Wildman–Crippen LogP) is 2.82. The summed E-state index contributed by atoms with van der Waals surface area (Å²) in [6.45, 7) is 2.44. The molecular weight excluding hydrogens is 295 g/mol. The van der Waals surface area contributed by atoms with Crippen LogP contribution in [0.3, 0.4) is 0 Å². The van der Waals surface area contributed by atoms with Gasteiger partial charge in [0, 0.05) is 25.4 Å². The molecule has 1 aromatic rings. The lowest BCUT2D eigenvalue weighted by molar-refractivity contribution is -0.0436. The number of rotatable bonds is 6. The molecular formula is C12H16F3NO3S. The summed E-state index contributed by atoms with van der Waals surface area (Å²) in [6, 6.07) is 4.55. The fraction of sp³-hybridized carbons (Fsp3) is 0.500. The number of benzene rings is 1. The van der Waals surface area contributed by atoms with Crippen LogP contribution in [0.15, 0.2) is 29.2 Å². The van der Waals surface area contributed by atoms with Gasteiger partial charge in [-0.1, -0.05) is 0 Å². The van der Waals surface area contributed by atoms with Gasteiger partial charge in [-0.25, -0.2) is 8.42 Å². The van der Waals surface area contributed by atoms with Crippen LogP contribution in [-0.2, 0) is 14.6 Å². The van der Waals surface area contributed by atoms with Gasteiger partial charge in [0.15, 0.2) is 0 Å². The number of halogens is 3. The number of hydrogen-bond acceptors (Lipinski definition) is 4. The van der Waals surface area contributed by atoms with Gasteiger partial charge in [-0.05, 0) is 37.6 Å². The minimum absolute atomic E-state index is 0.0556. The zero-order chi connectivity index (χ0) is 15.4. The van der Waals surface area contributed by atoms with E-state index >= 15 is 0 Å². The first kappa shape index (κ1) is 16.8. The second-order valence-corrected chi connectivity index (χ2v) is 6.24. The SMILES string of the molecule is COCCC(C)Nc1ccc(S(=O)(=O)C(F)(F)F)cc1. The molecule has 1 atom stereocenters. The molecule has 0 spiro atoms. The minimum Gasteiger partial charge on any atom is -0.385 e. The summed E-state index contributed by atoms with van der Waals surface area (Å²) in [5.74, 6) is 0. The maximum absolute atomic E-state index is 12.4. The Morgan fingerprint density at radius 3 is 2.25 bits per heavy atom. The smallest absolute Gasteiger partial charge is 0.385 e. The number of ether oxygens (including phenoxy) is 1. The topological polar surface area (TPSA) is 55.4 Å². The molecule has 0 aliphatic carbocycles. The van der Waals surface area contributed by atoms with Crippen molar-refractivity contribution < 1.29 is 26.3 Å². The van der Waals surface area contributed by atoms with Crippen molar-refractivity contribution in [2.24, 2.45) is 0 Å². The molecule has 0 aromatic heterocycles. The van der Waals surface area contributed by atoms with Gasteiger partial charge >= 0.3 is 5.51 Å². The molecule has 0 saturated carbocycles. The van der Waals surface area contributed by atoms with Crippen LogP contribution >= 0.6 is 0 Å². The Hall–Kier alpha value is -1.28. The van der Waals surface area contributed by atoms with Crippen molar-refractivity contribution in [3.8, 4) is 0 Å². The number of hydrogen-bond donors (Lipinski definition) is 1. The second kappa shape index (κ2) is 6.45. The van der Waals surface area contributed by atoms with Gasteiger partial charge in [0.1, 0.15) is 0 Å². The molecule has 0 aliphatic rings. The third-order valence-corrected chi connectivity index (χ3v) is 4.14. The highest BCUT2D eigenvalue weighted by Gasteiger charge is 2.46. The predicted molar refractivity (Wildman–Crippen MR) is 69.3 cm³/mol. The lowest BCUT2D eigenvalue weighted by Crippen LogP contribution is -2.23. The van der Waals surface area contributed by atoms with Crippen molar-refractivity contribution in [2.45, 2.75) is 29.8 Å². The van der Waals surface area contributed by atoms with E-state index in [1.54, 1.807) is 7.11 Å². The Morgan fingerprint density at radius 1 is 1.25 bits per heavy atom. The normalized spacial score (nSPS) is 14.1. The molecule has 1 aromatic carbocycles. The summed E-state index contributed by atoms with van der Waals surface area (Å²) in [6.07, 6.45) is 0.721. The zero-order valence-corrected chi connectivity index (χ0v) is 11.9. The van der Waals surface area contributed by atoms with Gasteiger partial charge in [-0.15, -0.1) is 0 Å². The Labute approximate surface area is 115 Å². The standard InChI is InChI=1S/C12H16F3NO3S/c1-9(7-8-19-2)16-10-3-5-11(6-4-10)20(17,18)12(13,14)15/h3-6,9,16H,7-8H2,1-2H3. The molecule has 1 N–H and O–H groups in total. The summed E-state index contributed by atoms with van der Waals surface area (Å²) in [5, 5.41) is 3.04. The van der Waals surface area contributed by atoms with Crippen LogP contribution in [0.5, 0.6) is 0 Å². The van der Waals surface area contributed by atoms with Crippen LogP contribution in [0.1, 0.15) is 13.3 Å². The van der Waals surface area contributed by atoms with Crippen molar-refractivity contribution in [1.29, 1.82) is 0 Å². The average molecular weight is 311 g/mol. The van der Waals surface area contributed by atoms with Crippen LogP contribution < -0.4 is 5.32 Å². The van der Waals surface area contributed by atoms with Gasteiger partial charge in [0.2, 0.25) is 0 Å². The molecule has 20 heavy (non-hydrogen) atoms.